The van der Waals surface area contributed by atoms with Gasteiger partial charge in [0.15, 0.2) is 0 Å². The Kier molecular flexibility index (Phi) is 6.44. The maximum atomic E-state index is 13.1. The topological polar surface area (TPSA) is 40.6 Å². The molecule has 0 aromatic heterocycles. The number of rotatable bonds is 2. The van der Waals surface area contributed by atoms with Crippen molar-refractivity contribution in [3.63, 3.8) is 0 Å². The van der Waals surface area contributed by atoms with Gasteiger partial charge in [-0.1, -0.05) is 0 Å². The predicted octanol–water partition coefficient (Wildman–Crippen LogP) is 5.08. The zero-order valence-electron chi connectivity index (χ0n) is 15.5. The summed E-state index contributed by atoms with van der Waals surface area (Å²) in [5, 5.41) is 0. The van der Waals surface area contributed by atoms with E-state index in [-0.39, 0.29) is 11.8 Å². The van der Waals surface area contributed by atoms with Crippen molar-refractivity contribution in [2.45, 2.75) is 52.4 Å². The largest absolute Gasteiger partial charge is 0.339 e. The number of likely N-dealkylation sites (tertiary alicyclic amines) is 2. The molecule has 142 valence electrons. The van der Waals surface area contributed by atoms with E-state index in [1.165, 1.54) is 12.8 Å². The predicted molar refractivity (Wildman–Crippen MR) is 111 cm³/mol. The number of nitrogens with zero attached hydrogens (tertiary/aromatic N) is 2. The minimum Gasteiger partial charge on any atom is -0.339 e. The van der Waals surface area contributed by atoms with Crippen molar-refractivity contribution in [2.75, 3.05) is 26.2 Å². The van der Waals surface area contributed by atoms with Gasteiger partial charge in [0.1, 0.15) is 0 Å². The van der Waals surface area contributed by atoms with Crippen molar-refractivity contribution < 1.29 is 9.59 Å². The zero-order valence-corrected chi connectivity index (χ0v) is 18.7. The van der Waals surface area contributed by atoms with E-state index in [2.05, 4.69) is 31.9 Å². The molecule has 0 atom stereocenters. The van der Waals surface area contributed by atoms with Gasteiger partial charge in [-0.15, -0.1) is 0 Å². The molecule has 0 spiro atoms. The quantitative estimate of drug-likeness (QED) is 0.585. The minimum absolute atomic E-state index is 0.0647. The van der Waals surface area contributed by atoms with Crippen LogP contribution >= 0.6 is 31.9 Å². The molecule has 0 aliphatic carbocycles. The number of benzene rings is 1. The van der Waals surface area contributed by atoms with Crippen LogP contribution in [0.3, 0.4) is 0 Å². The molecule has 1 aromatic carbocycles. The van der Waals surface area contributed by atoms with E-state index < -0.39 is 0 Å². The van der Waals surface area contributed by atoms with Crippen LogP contribution in [0.2, 0.25) is 0 Å². The Labute approximate surface area is 172 Å². The molecular weight excluding hydrogens is 460 g/mol. The fourth-order valence-corrected chi connectivity index (χ4v) is 5.27. The summed E-state index contributed by atoms with van der Waals surface area (Å²) in [5.74, 6) is 0.129. The summed E-state index contributed by atoms with van der Waals surface area (Å²) < 4.78 is 1.52. The third-order valence-electron chi connectivity index (χ3n) is 5.56. The van der Waals surface area contributed by atoms with E-state index in [0.717, 1.165) is 71.9 Å². The molecule has 2 saturated heterocycles. The van der Waals surface area contributed by atoms with Gasteiger partial charge in [0.25, 0.3) is 11.8 Å². The average molecular weight is 486 g/mol. The molecule has 2 aliphatic heterocycles. The highest BCUT2D eigenvalue weighted by molar-refractivity contribution is 9.11. The van der Waals surface area contributed by atoms with E-state index in [1.54, 1.807) is 0 Å². The standard InChI is InChI=1S/C20H26Br2N2O2/c1-13-15(19(25)23-9-5-3-6-10-23)18(22)14(2)16(17(13)21)20(26)24-11-7-4-8-12-24/h3-12H2,1-2H3. The molecule has 2 amide bonds. The summed E-state index contributed by atoms with van der Waals surface area (Å²) in [6.07, 6.45) is 6.64. The highest BCUT2D eigenvalue weighted by Crippen LogP contribution is 2.37. The number of carbonyl (C=O) groups excluding carboxylic acids is 2. The van der Waals surface area contributed by atoms with Crippen molar-refractivity contribution >= 4 is 43.7 Å². The monoisotopic (exact) mass is 484 g/mol. The normalized spacial score (nSPS) is 18.2. The van der Waals surface area contributed by atoms with E-state index in [1.807, 2.05) is 23.6 Å². The molecule has 2 aliphatic rings. The van der Waals surface area contributed by atoms with Crippen LogP contribution in [0.25, 0.3) is 0 Å². The van der Waals surface area contributed by atoms with Gasteiger partial charge in [-0.25, -0.2) is 0 Å². The number of hydrogen-bond acceptors (Lipinski definition) is 2. The maximum absolute atomic E-state index is 13.1. The maximum Gasteiger partial charge on any atom is 0.255 e. The third-order valence-corrected chi connectivity index (χ3v) is 7.54. The second-order valence-electron chi connectivity index (χ2n) is 7.33. The minimum atomic E-state index is 0.0647. The van der Waals surface area contributed by atoms with Crippen molar-refractivity contribution in [3.05, 3.63) is 31.2 Å². The smallest absolute Gasteiger partial charge is 0.255 e. The molecular formula is C20H26Br2N2O2. The molecule has 6 heteroatoms. The zero-order chi connectivity index (χ0) is 18.8. The van der Waals surface area contributed by atoms with Crippen molar-refractivity contribution in [1.82, 2.24) is 9.80 Å². The fraction of sp³-hybridized carbons (Fsp3) is 0.600. The number of piperidine rings is 2. The molecule has 1 aromatic rings. The van der Waals surface area contributed by atoms with Crippen LogP contribution in [0.1, 0.15) is 70.4 Å². The van der Waals surface area contributed by atoms with Gasteiger partial charge < -0.3 is 9.80 Å². The van der Waals surface area contributed by atoms with Crippen molar-refractivity contribution in [2.24, 2.45) is 0 Å². The first-order valence-electron chi connectivity index (χ1n) is 9.50. The lowest BCUT2D eigenvalue weighted by atomic mass is 9.96. The summed E-state index contributed by atoms with van der Waals surface area (Å²) in [5.41, 5.74) is 3.06. The van der Waals surface area contributed by atoms with Gasteiger partial charge in [0.2, 0.25) is 0 Å². The van der Waals surface area contributed by atoms with Crippen LogP contribution in [0.4, 0.5) is 0 Å². The lowest BCUT2D eigenvalue weighted by molar-refractivity contribution is 0.0709. The SMILES string of the molecule is Cc1c(Br)c(C(=O)N2CCCCC2)c(C)c(Br)c1C(=O)N1CCCCC1. The molecule has 2 heterocycles. The van der Waals surface area contributed by atoms with Crippen molar-refractivity contribution in [3.8, 4) is 0 Å². The van der Waals surface area contributed by atoms with E-state index in [9.17, 15) is 9.59 Å². The highest BCUT2D eigenvalue weighted by atomic mass is 79.9. The molecule has 2 fully saturated rings. The molecule has 0 bridgehead atoms. The van der Waals surface area contributed by atoms with Gasteiger partial charge in [-0.2, -0.15) is 0 Å². The van der Waals surface area contributed by atoms with E-state index in [4.69, 9.17) is 0 Å². The van der Waals surface area contributed by atoms with Gasteiger partial charge in [-0.05, 0) is 95.4 Å². The second kappa shape index (κ2) is 8.42. The van der Waals surface area contributed by atoms with Crippen LogP contribution in [0.15, 0.2) is 8.95 Å². The summed E-state index contributed by atoms with van der Waals surface area (Å²) in [7, 11) is 0. The van der Waals surface area contributed by atoms with Crippen LogP contribution in [0, 0.1) is 13.8 Å². The fourth-order valence-electron chi connectivity index (χ4n) is 3.94. The molecule has 0 radical (unpaired) electrons. The first-order valence-corrected chi connectivity index (χ1v) is 11.1. The number of halogens is 2. The number of amides is 2. The summed E-state index contributed by atoms with van der Waals surface area (Å²) in [6.45, 7) is 7.12. The Morgan fingerprint density at radius 3 is 1.27 bits per heavy atom. The van der Waals surface area contributed by atoms with Crippen LogP contribution in [-0.4, -0.2) is 47.8 Å². The van der Waals surface area contributed by atoms with Gasteiger partial charge in [-0.3, -0.25) is 9.59 Å². The Balaban J connectivity index is 1.99. The molecule has 0 saturated carbocycles. The Hall–Kier alpha value is -0.880. The highest BCUT2D eigenvalue weighted by Gasteiger charge is 2.30. The Morgan fingerprint density at radius 1 is 0.654 bits per heavy atom. The molecule has 26 heavy (non-hydrogen) atoms. The first-order chi connectivity index (χ1) is 12.4. The molecule has 3 rings (SSSR count). The van der Waals surface area contributed by atoms with E-state index >= 15 is 0 Å². The summed E-state index contributed by atoms with van der Waals surface area (Å²) >= 11 is 7.27. The molecule has 4 nitrogen and oxygen atoms in total. The van der Waals surface area contributed by atoms with Crippen molar-refractivity contribution in [1.29, 1.82) is 0 Å². The van der Waals surface area contributed by atoms with Crippen LogP contribution < -0.4 is 0 Å². The Morgan fingerprint density at radius 2 is 0.962 bits per heavy atom. The lowest BCUT2D eigenvalue weighted by Crippen LogP contribution is -2.37. The van der Waals surface area contributed by atoms with Crippen LogP contribution in [-0.2, 0) is 0 Å². The number of hydrogen-bond donors (Lipinski definition) is 0. The molecule has 0 N–H and O–H groups in total. The summed E-state index contributed by atoms with van der Waals surface area (Å²) in [4.78, 5) is 30.1. The van der Waals surface area contributed by atoms with Gasteiger partial charge in [0.05, 0.1) is 11.1 Å². The molecule has 0 unspecified atom stereocenters. The van der Waals surface area contributed by atoms with Gasteiger partial charge in [0, 0.05) is 35.1 Å². The third kappa shape index (κ3) is 3.72. The average Bonchev–Trinajstić information content (AvgIpc) is 2.68. The number of carbonyl (C=O) groups is 2. The Bertz CT molecular complexity index is 631. The van der Waals surface area contributed by atoms with Crippen LogP contribution in [0.5, 0.6) is 0 Å². The lowest BCUT2D eigenvalue weighted by Gasteiger charge is -2.30. The second-order valence-corrected chi connectivity index (χ2v) is 8.92. The van der Waals surface area contributed by atoms with E-state index in [0.29, 0.717) is 11.1 Å². The summed E-state index contributed by atoms with van der Waals surface area (Å²) in [6, 6.07) is 0. The van der Waals surface area contributed by atoms with Gasteiger partial charge >= 0.3 is 0 Å². The first kappa shape index (κ1) is 19.9.